The highest BCUT2D eigenvalue weighted by Crippen LogP contribution is 2.38. The zero-order valence-corrected chi connectivity index (χ0v) is 20.9. The third-order valence-electron chi connectivity index (χ3n) is 5.99. The number of nitrogens with one attached hydrogen (secondary N) is 1. The van der Waals surface area contributed by atoms with Crippen molar-refractivity contribution in [1.29, 1.82) is 0 Å². The molecule has 0 saturated heterocycles. The fourth-order valence-corrected chi connectivity index (χ4v) is 5.33. The smallest absolute Gasteiger partial charge is 0.262 e. The van der Waals surface area contributed by atoms with Gasteiger partial charge in [0.1, 0.15) is 11.1 Å². The Labute approximate surface area is 217 Å². The molecule has 0 unspecified atom stereocenters. The lowest BCUT2D eigenvalue weighted by Crippen LogP contribution is -2.25. The first-order valence-corrected chi connectivity index (χ1v) is 12.7. The molecule has 2 aliphatic heterocycles. The van der Waals surface area contributed by atoms with E-state index < -0.39 is 5.25 Å². The first kappa shape index (κ1) is 24.2. The maximum absolute atomic E-state index is 13.5. The molecule has 182 valence electrons. The Hall–Kier alpha value is -3.49. The summed E-state index contributed by atoms with van der Waals surface area (Å²) in [6.45, 7) is 2.02. The number of anilines is 1. The van der Waals surface area contributed by atoms with Crippen LogP contribution in [0.1, 0.15) is 35.6 Å². The number of amidine groups is 1. The van der Waals surface area contributed by atoms with E-state index in [1.54, 1.807) is 41.4 Å². The SMILES string of the molecule is Cc1ccc([C@@H]2CC(c3ccc(F)cc3)=NN2C2=NC(=O)[C@H](CC(=O)Nc3ccccc3Cl)S2)cc1. The van der Waals surface area contributed by atoms with Gasteiger partial charge in [-0.3, -0.25) is 9.59 Å². The molecule has 2 heterocycles. The number of benzene rings is 3. The minimum atomic E-state index is -0.661. The second kappa shape index (κ2) is 10.2. The predicted octanol–water partition coefficient (Wildman–Crippen LogP) is 5.97. The lowest BCUT2D eigenvalue weighted by molar-refractivity contribution is -0.121. The number of hydrazone groups is 1. The minimum absolute atomic E-state index is 0.0424. The quantitative estimate of drug-likeness (QED) is 0.450. The molecule has 0 saturated carbocycles. The highest BCUT2D eigenvalue weighted by atomic mass is 35.5. The molecule has 36 heavy (non-hydrogen) atoms. The van der Waals surface area contributed by atoms with E-state index in [1.165, 1.54) is 23.9 Å². The Morgan fingerprint density at radius 1 is 1.11 bits per heavy atom. The lowest BCUT2D eigenvalue weighted by Gasteiger charge is -2.23. The van der Waals surface area contributed by atoms with Crippen molar-refractivity contribution in [1.82, 2.24) is 5.01 Å². The zero-order chi connectivity index (χ0) is 25.2. The van der Waals surface area contributed by atoms with Crippen molar-refractivity contribution in [3.05, 3.63) is 100 Å². The van der Waals surface area contributed by atoms with E-state index in [2.05, 4.69) is 10.3 Å². The highest BCUT2D eigenvalue weighted by Gasteiger charge is 2.39. The number of amides is 2. The van der Waals surface area contributed by atoms with Crippen LogP contribution in [-0.4, -0.2) is 33.0 Å². The third kappa shape index (κ3) is 5.20. The van der Waals surface area contributed by atoms with Crippen LogP contribution in [0, 0.1) is 12.7 Å². The molecule has 6 nitrogen and oxygen atoms in total. The molecule has 2 aliphatic rings. The summed E-state index contributed by atoms with van der Waals surface area (Å²) in [5.74, 6) is -1.02. The zero-order valence-electron chi connectivity index (χ0n) is 19.3. The van der Waals surface area contributed by atoms with Crippen LogP contribution in [0.15, 0.2) is 82.9 Å². The number of thioether (sulfide) groups is 1. The standard InChI is InChI=1S/C27H22ClFN4O2S/c1-16-6-8-18(9-7-16)23-14-22(17-10-12-19(29)13-11-17)32-33(23)27-31-26(35)24(36-27)15-25(34)30-21-5-3-2-4-20(21)28/h2-13,23-24H,14-15H2,1H3,(H,30,34)/t23-,24-/m0/s1. The van der Waals surface area contributed by atoms with Crippen molar-refractivity contribution in [3.8, 4) is 0 Å². The van der Waals surface area contributed by atoms with Gasteiger partial charge in [-0.15, -0.1) is 0 Å². The maximum atomic E-state index is 13.5. The van der Waals surface area contributed by atoms with Crippen LogP contribution in [0.5, 0.6) is 0 Å². The van der Waals surface area contributed by atoms with Gasteiger partial charge in [-0.25, -0.2) is 9.40 Å². The Morgan fingerprint density at radius 3 is 2.56 bits per heavy atom. The summed E-state index contributed by atoms with van der Waals surface area (Å²) in [6.07, 6.45) is 0.527. The van der Waals surface area contributed by atoms with E-state index >= 15 is 0 Å². The van der Waals surface area contributed by atoms with Crippen molar-refractivity contribution in [2.24, 2.45) is 10.1 Å². The van der Waals surface area contributed by atoms with Crippen LogP contribution in [0.4, 0.5) is 10.1 Å². The molecule has 0 fully saturated rings. The predicted molar refractivity (Wildman–Crippen MR) is 142 cm³/mol. The van der Waals surface area contributed by atoms with Gasteiger partial charge in [-0.1, -0.05) is 77.5 Å². The number of hydrogen-bond acceptors (Lipinski definition) is 5. The second-order valence-electron chi connectivity index (χ2n) is 8.60. The van der Waals surface area contributed by atoms with Crippen molar-refractivity contribution >= 4 is 51.7 Å². The largest absolute Gasteiger partial charge is 0.325 e. The molecule has 0 spiro atoms. The first-order valence-electron chi connectivity index (χ1n) is 11.4. The molecule has 0 aliphatic carbocycles. The van der Waals surface area contributed by atoms with Crippen LogP contribution < -0.4 is 5.32 Å². The van der Waals surface area contributed by atoms with Gasteiger partial charge in [0, 0.05) is 12.8 Å². The van der Waals surface area contributed by atoms with Gasteiger partial charge >= 0.3 is 0 Å². The van der Waals surface area contributed by atoms with E-state index in [0.29, 0.717) is 22.3 Å². The van der Waals surface area contributed by atoms with Gasteiger partial charge in [-0.05, 0) is 42.3 Å². The third-order valence-corrected chi connectivity index (χ3v) is 7.47. The van der Waals surface area contributed by atoms with Crippen LogP contribution in [0.25, 0.3) is 0 Å². The molecule has 3 aromatic carbocycles. The fourth-order valence-electron chi connectivity index (χ4n) is 4.09. The molecule has 0 radical (unpaired) electrons. The number of aliphatic imine (C=N–C) groups is 1. The summed E-state index contributed by atoms with van der Waals surface area (Å²) >= 11 is 7.35. The summed E-state index contributed by atoms with van der Waals surface area (Å²) < 4.78 is 13.5. The molecule has 1 N–H and O–H groups in total. The summed E-state index contributed by atoms with van der Waals surface area (Å²) in [5.41, 5.74) is 4.23. The number of aryl methyl sites for hydroxylation is 1. The number of hydrogen-bond donors (Lipinski definition) is 1. The van der Waals surface area contributed by atoms with E-state index in [1.807, 2.05) is 31.2 Å². The molecule has 3 aromatic rings. The van der Waals surface area contributed by atoms with Gasteiger partial charge < -0.3 is 5.32 Å². The van der Waals surface area contributed by atoms with Crippen LogP contribution in [0.3, 0.4) is 0 Å². The highest BCUT2D eigenvalue weighted by molar-refractivity contribution is 8.15. The van der Waals surface area contributed by atoms with Crippen molar-refractivity contribution < 1.29 is 14.0 Å². The number of halogens is 2. The van der Waals surface area contributed by atoms with E-state index in [-0.39, 0.29) is 30.1 Å². The van der Waals surface area contributed by atoms with Crippen LogP contribution >= 0.6 is 23.4 Å². The summed E-state index contributed by atoms with van der Waals surface area (Å²) in [7, 11) is 0. The van der Waals surface area contributed by atoms with Crippen LogP contribution in [-0.2, 0) is 9.59 Å². The first-order chi connectivity index (χ1) is 17.4. The molecule has 9 heteroatoms. The summed E-state index contributed by atoms with van der Waals surface area (Å²) in [4.78, 5) is 29.6. The van der Waals surface area contributed by atoms with Crippen molar-refractivity contribution in [3.63, 3.8) is 0 Å². The van der Waals surface area contributed by atoms with Gasteiger partial charge in [0.05, 0.1) is 22.5 Å². The van der Waals surface area contributed by atoms with Gasteiger partial charge in [0.15, 0.2) is 5.17 Å². The number of carbonyl (C=O) groups excluding carboxylic acids is 2. The van der Waals surface area contributed by atoms with E-state index in [9.17, 15) is 14.0 Å². The van der Waals surface area contributed by atoms with E-state index in [4.69, 9.17) is 16.7 Å². The Kier molecular flexibility index (Phi) is 6.89. The average Bonchev–Trinajstić information content (AvgIpc) is 3.45. The van der Waals surface area contributed by atoms with Gasteiger partial charge in [0.25, 0.3) is 5.91 Å². The fraction of sp³-hybridized carbons (Fsp3) is 0.185. The van der Waals surface area contributed by atoms with Crippen molar-refractivity contribution in [2.45, 2.75) is 31.1 Å². The van der Waals surface area contributed by atoms with Gasteiger partial charge in [-0.2, -0.15) is 10.1 Å². The summed E-state index contributed by atoms with van der Waals surface area (Å²) in [6, 6.07) is 21.1. The van der Waals surface area contributed by atoms with Crippen molar-refractivity contribution in [2.75, 3.05) is 5.32 Å². The molecular formula is C27H22ClFN4O2S. The molecular weight excluding hydrogens is 499 g/mol. The number of para-hydroxylation sites is 1. The molecule has 0 bridgehead atoms. The Morgan fingerprint density at radius 2 is 1.83 bits per heavy atom. The topological polar surface area (TPSA) is 74.1 Å². The number of carbonyl (C=O) groups is 2. The van der Waals surface area contributed by atoms with E-state index in [0.717, 1.165) is 22.4 Å². The maximum Gasteiger partial charge on any atom is 0.262 e. The molecule has 5 rings (SSSR count). The monoisotopic (exact) mass is 520 g/mol. The Balaban J connectivity index is 1.36. The van der Waals surface area contributed by atoms with Gasteiger partial charge in [0.2, 0.25) is 5.91 Å². The van der Waals surface area contributed by atoms with Crippen LogP contribution in [0.2, 0.25) is 5.02 Å². The number of nitrogens with zero attached hydrogens (tertiary/aromatic N) is 3. The normalized spacial score (nSPS) is 19.3. The second-order valence-corrected chi connectivity index (χ2v) is 10.2. The molecule has 2 amide bonds. The lowest BCUT2D eigenvalue weighted by atomic mass is 9.98. The molecule has 2 atom stereocenters. The minimum Gasteiger partial charge on any atom is -0.325 e. The Bertz CT molecular complexity index is 1380. The molecule has 0 aromatic heterocycles. The summed E-state index contributed by atoms with van der Waals surface area (Å²) in [5, 5.41) is 9.49. The average molecular weight is 521 g/mol. The number of rotatable bonds is 5.